The maximum atomic E-state index is 11.4. The van der Waals surface area contributed by atoms with E-state index in [1.807, 2.05) is 13.8 Å². The molecule has 0 aliphatic heterocycles. The van der Waals surface area contributed by atoms with Crippen molar-refractivity contribution in [1.82, 2.24) is 14.7 Å². The zero-order chi connectivity index (χ0) is 13.8. The number of rotatable bonds is 6. The highest BCUT2D eigenvalue weighted by Gasteiger charge is 2.05. The van der Waals surface area contributed by atoms with Gasteiger partial charge in [-0.3, -0.25) is 4.79 Å². The largest absolute Gasteiger partial charge is 0.369 e. The van der Waals surface area contributed by atoms with E-state index in [-0.39, 0.29) is 18.0 Å². The maximum absolute atomic E-state index is 11.4. The number of hydrogen-bond donors (Lipinski definition) is 3. The molecule has 102 valence electrons. The summed E-state index contributed by atoms with van der Waals surface area (Å²) in [6.07, 6.45) is 1.09. The smallest absolute Gasteiger partial charge is 0.252 e. The van der Waals surface area contributed by atoms with Gasteiger partial charge in [-0.25, -0.2) is 18.1 Å². The molecular weight excluding hydrogens is 256 g/mol. The Balaban J connectivity index is 2.60. The Morgan fingerprint density at radius 3 is 2.61 bits per heavy atom. The van der Waals surface area contributed by atoms with Crippen molar-refractivity contribution in [3.63, 3.8) is 0 Å². The van der Waals surface area contributed by atoms with Crippen molar-refractivity contribution in [2.45, 2.75) is 19.8 Å². The Morgan fingerprint density at radius 1 is 1.39 bits per heavy atom. The molecule has 8 heteroatoms. The molecule has 0 amide bonds. The van der Waals surface area contributed by atoms with Gasteiger partial charge >= 0.3 is 0 Å². The molecule has 0 atom stereocenters. The first-order chi connectivity index (χ1) is 8.28. The standard InChI is InChI=1S/C10H18N4O3S/c1-7(2)10-13-8(6-9(15)14-10)11-4-5-12-18(3,16)17/h6-7,12H,4-5H2,1-3H3,(H2,11,13,14,15). The minimum Gasteiger partial charge on any atom is -0.369 e. The molecule has 0 aliphatic carbocycles. The number of nitrogens with one attached hydrogen (secondary N) is 3. The van der Waals surface area contributed by atoms with Crippen LogP contribution < -0.4 is 15.6 Å². The van der Waals surface area contributed by atoms with Crippen molar-refractivity contribution < 1.29 is 8.42 Å². The zero-order valence-electron chi connectivity index (χ0n) is 10.6. The van der Waals surface area contributed by atoms with Crippen LogP contribution in [0.2, 0.25) is 0 Å². The lowest BCUT2D eigenvalue weighted by atomic mass is 10.2. The Kier molecular flexibility index (Phi) is 4.85. The van der Waals surface area contributed by atoms with E-state index in [9.17, 15) is 13.2 Å². The summed E-state index contributed by atoms with van der Waals surface area (Å²) in [6.45, 7) is 4.45. The van der Waals surface area contributed by atoms with Crippen LogP contribution in [-0.2, 0) is 10.0 Å². The fraction of sp³-hybridized carbons (Fsp3) is 0.600. The van der Waals surface area contributed by atoms with Crippen molar-refractivity contribution >= 4 is 15.8 Å². The summed E-state index contributed by atoms with van der Waals surface area (Å²) in [5.74, 6) is 1.16. The highest BCUT2D eigenvalue weighted by Crippen LogP contribution is 2.08. The third-order valence-electron chi connectivity index (χ3n) is 2.10. The van der Waals surface area contributed by atoms with Crippen LogP contribution in [0.5, 0.6) is 0 Å². The van der Waals surface area contributed by atoms with Gasteiger partial charge in [0.05, 0.1) is 6.26 Å². The third-order valence-corrected chi connectivity index (χ3v) is 2.83. The quantitative estimate of drug-likeness (QED) is 0.626. The summed E-state index contributed by atoms with van der Waals surface area (Å²) in [4.78, 5) is 18.2. The van der Waals surface area contributed by atoms with Crippen LogP contribution in [0.15, 0.2) is 10.9 Å². The summed E-state index contributed by atoms with van der Waals surface area (Å²) >= 11 is 0. The van der Waals surface area contributed by atoms with E-state index in [0.29, 0.717) is 18.2 Å². The molecule has 18 heavy (non-hydrogen) atoms. The van der Waals surface area contributed by atoms with E-state index in [4.69, 9.17) is 0 Å². The van der Waals surface area contributed by atoms with Gasteiger partial charge in [0.25, 0.3) is 5.56 Å². The summed E-state index contributed by atoms with van der Waals surface area (Å²) in [5, 5.41) is 2.90. The minimum absolute atomic E-state index is 0.119. The van der Waals surface area contributed by atoms with Gasteiger partial charge in [-0.1, -0.05) is 13.8 Å². The van der Waals surface area contributed by atoms with Gasteiger partial charge in [-0.05, 0) is 0 Å². The maximum Gasteiger partial charge on any atom is 0.252 e. The SMILES string of the molecule is CC(C)c1nc(NCCNS(C)(=O)=O)cc(=O)[nH]1. The van der Waals surface area contributed by atoms with Crippen molar-refractivity contribution in [2.24, 2.45) is 0 Å². The van der Waals surface area contributed by atoms with Crippen molar-refractivity contribution in [1.29, 1.82) is 0 Å². The summed E-state index contributed by atoms with van der Waals surface area (Å²) < 4.78 is 24.0. The number of aromatic nitrogens is 2. The Hall–Kier alpha value is -1.41. The van der Waals surface area contributed by atoms with E-state index >= 15 is 0 Å². The number of anilines is 1. The summed E-state index contributed by atoms with van der Waals surface area (Å²) in [6, 6.07) is 1.34. The number of nitrogens with zero attached hydrogens (tertiary/aromatic N) is 1. The monoisotopic (exact) mass is 274 g/mol. The van der Waals surface area contributed by atoms with E-state index in [2.05, 4.69) is 20.0 Å². The van der Waals surface area contributed by atoms with Gasteiger partial charge in [-0.2, -0.15) is 0 Å². The van der Waals surface area contributed by atoms with Crippen molar-refractivity contribution in [2.75, 3.05) is 24.7 Å². The molecule has 0 aliphatic rings. The molecule has 1 heterocycles. The highest BCUT2D eigenvalue weighted by molar-refractivity contribution is 7.88. The van der Waals surface area contributed by atoms with Gasteiger partial charge in [0.15, 0.2) is 0 Å². The molecule has 1 aromatic heterocycles. The second kappa shape index (κ2) is 5.96. The predicted molar refractivity (Wildman–Crippen MR) is 70.3 cm³/mol. The number of hydrogen-bond acceptors (Lipinski definition) is 5. The van der Waals surface area contributed by atoms with Gasteiger partial charge in [0, 0.05) is 25.1 Å². The first-order valence-corrected chi connectivity index (χ1v) is 7.47. The lowest BCUT2D eigenvalue weighted by Gasteiger charge is -2.09. The first-order valence-electron chi connectivity index (χ1n) is 5.57. The molecule has 0 aromatic carbocycles. The van der Waals surface area contributed by atoms with E-state index < -0.39 is 10.0 Å². The Labute approximate surface area is 106 Å². The molecule has 0 saturated carbocycles. The van der Waals surface area contributed by atoms with Crippen LogP contribution in [0.25, 0.3) is 0 Å². The Bertz CT molecular complexity index is 550. The van der Waals surface area contributed by atoms with Crippen LogP contribution in [0.1, 0.15) is 25.6 Å². The molecule has 1 aromatic rings. The van der Waals surface area contributed by atoms with Crippen LogP contribution in [0.4, 0.5) is 5.82 Å². The van der Waals surface area contributed by atoms with E-state index in [1.54, 1.807) is 0 Å². The minimum atomic E-state index is -3.19. The average Bonchev–Trinajstić information content (AvgIpc) is 2.22. The van der Waals surface area contributed by atoms with Crippen LogP contribution in [0, 0.1) is 0 Å². The van der Waals surface area contributed by atoms with E-state index in [1.165, 1.54) is 6.07 Å². The van der Waals surface area contributed by atoms with Gasteiger partial charge in [-0.15, -0.1) is 0 Å². The summed E-state index contributed by atoms with van der Waals surface area (Å²) in [7, 11) is -3.19. The number of H-pyrrole nitrogens is 1. The molecule has 0 radical (unpaired) electrons. The zero-order valence-corrected chi connectivity index (χ0v) is 11.5. The average molecular weight is 274 g/mol. The lowest BCUT2D eigenvalue weighted by molar-refractivity contribution is 0.589. The van der Waals surface area contributed by atoms with Crippen LogP contribution in [0.3, 0.4) is 0 Å². The van der Waals surface area contributed by atoms with E-state index in [0.717, 1.165) is 6.26 Å². The molecule has 1 rings (SSSR count). The summed E-state index contributed by atoms with van der Waals surface area (Å²) in [5.41, 5.74) is -0.229. The third kappa shape index (κ3) is 5.28. The first kappa shape index (κ1) is 14.7. The normalized spacial score (nSPS) is 11.8. The molecular formula is C10H18N4O3S. The topological polar surface area (TPSA) is 104 Å². The van der Waals surface area contributed by atoms with Crippen molar-refractivity contribution in [3.8, 4) is 0 Å². The predicted octanol–water partition coefficient (Wildman–Crippen LogP) is -0.146. The van der Waals surface area contributed by atoms with Crippen molar-refractivity contribution in [3.05, 3.63) is 22.2 Å². The molecule has 0 fully saturated rings. The van der Waals surface area contributed by atoms with Gasteiger partial charge < -0.3 is 10.3 Å². The Morgan fingerprint density at radius 2 is 2.06 bits per heavy atom. The van der Waals surface area contributed by atoms with Crippen LogP contribution >= 0.6 is 0 Å². The second-order valence-corrected chi connectivity index (χ2v) is 6.10. The molecule has 7 nitrogen and oxygen atoms in total. The van der Waals surface area contributed by atoms with Gasteiger partial charge in [0.2, 0.25) is 10.0 Å². The van der Waals surface area contributed by atoms with Crippen LogP contribution in [-0.4, -0.2) is 37.7 Å². The highest BCUT2D eigenvalue weighted by atomic mass is 32.2. The molecule has 0 spiro atoms. The molecule has 3 N–H and O–H groups in total. The lowest BCUT2D eigenvalue weighted by Crippen LogP contribution is -2.28. The number of aromatic amines is 1. The van der Waals surface area contributed by atoms with Gasteiger partial charge in [0.1, 0.15) is 11.6 Å². The fourth-order valence-corrected chi connectivity index (χ4v) is 1.74. The molecule has 0 saturated heterocycles. The molecule has 0 bridgehead atoms. The second-order valence-electron chi connectivity index (χ2n) is 4.26. The number of sulfonamides is 1. The molecule has 0 unspecified atom stereocenters. The fourth-order valence-electron chi connectivity index (χ4n) is 1.27.